The summed E-state index contributed by atoms with van der Waals surface area (Å²) in [5.41, 5.74) is 1.36. The summed E-state index contributed by atoms with van der Waals surface area (Å²) < 4.78 is 10.9. The lowest BCUT2D eigenvalue weighted by molar-refractivity contribution is 0.130. The third-order valence-electron chi connectivity index (χ3n) is 3.25. The number of hydrogen-bond donors (Lipinski definition) is 1. The van der Waals surface area contributed by atoms with E-state index in [1.54, 1.807) is 13.4 Å². The number of ether oxygens (including phenoxy) is 1. The van der Waals surface area contributed by atoms with Crippen LogP contribution in [0.4, 0.5) is 0 Å². The van der Waals surface area contributed by atoms with Crippen molar-refractivity contribution in [3.63, 3.8) is 0 Å². The maximum absolute atomic E-state index is 5.70. The van der Waals surface area contributed by atoms with Crippen LogP contribution in [-0.4, -0.2) is 37.2 Å². The summed E-state index contributed by atoms with van der Waals surface area (Å²) >= 11 is 0. The second-order valence-electron chi connectivity index (χ2n) is 7.09. The Hall–Kier alpha value is -0.840. The Morgan fingerprint density at radius 1 is 1.33 bits per heavy atom. The van der Waals surface area contributed by atoms with Crippen LogP contribution in [0.2, 0.25) is 0 Å². The first-order valence-electron chi connectivity index (χ1n) is 7.83. The average molecular weight is 296 g/mol. The van der Waals surface area contributed by atoms with Gasteiger partial charge in [-0.3, -0.25) is 4.90 Å². The minimum absolute atomic E-state index is 0.113. The standard InChI is InChI=1S/C17H32N2O2/c1-14(2)12-19(8-10-20-6)13-16-15(7-9-21-16)11-18-17(3,4)5/h7,9,14,18H,8,10-13H2,1-6H3. The molecule has 0 amide bonds. The molecule has 0 spiro atoms. The fourth-order valence-corrected chi connectivity index (χ4v) is 2.20. The molecule has 1 aromatic rings. The first-order valence-corrected chi connectivity index (χ1v) is 7.83. The Bertz CT molecular complexity index is 394. The molecule has 0 radical (unpaired) electrons. The number of hydrogen-bond acceptors (Lipinski definition) is 4. The summed E-state index contributed by atoms with van der Waals surface area (Å²) in [5, 5.41) is 3.52. The van der Waals surface area contributed by atoms with Crippen molar-refractivity contribution in [2.24, 2.45) is 5.92 Å². The number of rotatable bonds is 9. The van der Waals surface area contributed by atoms with Gasteiger partial charge in [-0.05, 0) is 32.8 Å². The molecule has 0 aromatic carbocycles. The number of nitrogens with one attached hydrogen (secondary N) is 1. The molecule has 0 saturated carbocycles. The Morgan fingerprint density at radius 2 is 2.05 bits per heavy atom. The smallest absolute Gasteiger partial charge is 0.122 e. The fraction of sp³-hybridized carbons (Fsp3) is 0.765. The van der Waals surface area contributed by atoms with Gasteiger partial charge in [0.1, 0.15) is 5.76 Å². The van der Waals surface area contributed by atoms with Gasteiger partial charge in [0.15, 0.2) is 0 Å². The van der Waals surface area contributed by atoms with Crippen molar-refractivity contribution in [3.8, 4) is 0 Å². The molecule has 0 aliphatic heterocycles. The highest BCUT2D eigenvalue weighted by atomic mass is 16.5. The molecule has 0 aliphatic carbocycles. The van der Waals surface area contributed by atoms with Crippen LogP contribution in [0, 0.1) is 5.92 Å². The molecule has 0 bridgehead atoms. The van der Waals surface area contributed by atoms with Crippen LogP contribution in [-0.2, 0) is 17.8 Å². The van der Waals surface area contributed by atoms with Crippen molar-refractivity contribution in [2.45, 2.75) is 53.2 Å². The van der Waals surface area contributed by atoms with Crippen molar-refractivity contribution >= 4 is 0 Å². The zero-order valence-corrected chi connectivity index (χ0v) is 14.5. The zero-order valence-electron chi connectivity index (χ0n) is 14.5. The second-order valence-corrected chi connectivity index (χ2v) is 7.09. The summed E-state index contributed by atoms with van der Waals surface area (Å²) in [5.74, 6) is 1.69. The van der Waals surface area contributed by atoms with E-state index in [9.17, 15) is 0 Å². The van der Waals surface area contributed by atoms with Gasteiger partial charge < -0.3 is 14.5 Å². The van der Waals surface area contributed by atoms with E-state index < -0.39 is 0 Å². The minimum atomic E-state index is 0.113. The van der Waals surface area contributed by atoms with Crippen LogP contribution in [0.15, 0.2) is 16.7 Å². The van der Waals surface area contributed by atoms with E-state index in [2.05, 4.69) is 50.9 Å². The molecule has 0 aliphatic rings. The monoisotopic (exact) mass is 296 g/mol. The van der Waals surface area contributed by atoms with Gasteiger partial charge in [0.25, 0.3) is 0 Å². The van der Waals surface area contributed by atoms with Gasteiger partial charge in [-0.2, -0.15) is 0 Å². The second kappa shape index (κ2) is 8.57. The highest BCUT2D eigenvalue weighted by Crippen LogP contribution is 2.15. The van der Waals surface area contributed by atoms with E-state index in [0.717, 1.165) is 38.5 Å². The van der Waals surface area contributed by atoms with Crippen molar-refractivity contribution in [2.75, 3.05) is 26.8 Å². The molecule has 0 fully saturated rings. The van der Waals surface area contributed by atoms with E-state index in [1.165, 1.54) is 5.56 Å². The highest BCUT2D eigenvalue weighted by Gasteiger charge is 2.15. The van der Waals surface area contributed by atoms with Crippen LogP contribution >= 0.6 is 0 Å². The van der Waals surface area contributed by atoms with Crippen molar-refractivity contribution in [1.29, 1.82) is 0 Å². The molecule has 0 unspecified atom stereocenters. The van der Waals surface area contributed by atoms with Gasteiger partial charge in [0, 0.05) is 37.8 Å². The van der Waals surface area contributed by atoms with Crippen LogP contribution < -0.4 is 5.32 Å². The van der Waals surface area contributed by atoms with Gasteiger partial charge >= 0.3 is 0 Å². The molecule has 1 rings (SSSR count). The summed E-state index contributed by atoms with van der Waals surface area (Å²) in [6, 6.07) is 2.07. The molecule has 4 nitrogen and oxygen atoms in total. The summed E-state index contributed by atoms with van der Waals surface area (Å²) in [7, 11) is 1.75. The maximum Gasteiger partial charge on any atom is 0.122 e. The lowest BCUT2D eigenvalue weighted by atomic mass is 10.1. The first-order chi connectivity index (χ1) is 9.81. The van der Waals surface area contributed by atoms with Gasteiger partial charge in [0.05, 0.1) is 19.4 Å². The number of nitrogens with zero attached hydrogens (tertiary/aromatic N) is 1. The lowest BCUT2D eigenvalue weighted by Crippen LogP contribution is -2.35. The van der Waals surface area contributed by atoms with Crippen molar-refractivity contribution < 1.29 is 9.15 Å². The predicted octanol–water partition coefficient (Wildman–Crippen LogP) is 3.27. The SMILES string of the molecule is COCCN(Cc1occc1CNC(C)(C)C)CC(C)C. The van der Waals surface area contributed by atoms with E-state index in [4.69, 9.17) is 9.15 Å². The van der Waals surface area contributed by atoms with E-state index >= 15 is 0 Å². The number of methoxy groups -OCH3 is 1. The van der Waals surface area contributed by atoms with Gasteiger partial charge in [0.2, 0.25) is 0 Å². The molecule has 1 N–H and O–H groups in total. The Kier molecular flexibility index (Phi) is 7.43. The molecule has 0 atom stereocenters. The van der Waals surface area contributed by atoms with Gasteiger partial charge in [-0.15, -0.1) is 0 Å². The topological polar surface area (TPSA) is 37.6 Å². The quantitative estimate of drug-likeness (QED) is 0.759. The molecule has 1 heterocycles. The van der Waals surface area contributed by atoms with Gasteiger partial charge in [-0.1, -0.05) is 13.8 Å². The van der Waals surface area contributed by atoms with Crippen LogP contribution in [0.25, 0.3) is 0 Å². The maximum atomic E-state index is 5.70. The average Bonchev–Trinajstić information content (AvgIpc) is 2.79. The first kappa shape index (κ1) is 18.2. The van der Waals surface area contributed by atoms with Gasteiger partial charge in [-0.25, -0.2) is 0 Å². The molecular formula is C17H32N2O2. The highest BCUT2D eigenvalue weighted by molar-refractivity contribution is 5.17. The molecular weight excluding hydrogens is 264 g/mol. The largest absolute Gasteiger partial charge is 0.468 e. The van der Waals surface area contributed by atoms with E-state index in [1.807, 2.05) is 0 Å². The van der Waals surface area contributed by atoms with Crippen LogP contribution in [0.1, 0.15) is 45.9 Å². The van der Waals surface area contributed by atoms with E-state index in [-0.39, 0.29) is 5.54 Å². The summed E-state index contributed by atoms with van der Waals surface area (Å²) in [6.07, 6.45) is 1.79. The Labute approximate surface area is 129 Å². The van der Waals surface area contributed by atoms with Crippen LogP contribution in [0.3, 0.4) is 0 Å². The molecule has 21 heavy (non-hydrogen) atoms. The Balaban J connectivity index is 2.63. The molecule has 4 heteroatoms. The molecule has 1 aromatic heterocycles. The van der Waals surface area contributed by atoms with E-state index in [0.29, 0.717) is 5.92 Å². The normalized spacial score (nSPS) is 12.6. The summed E-state index contributed by atoms with van der Waals surface area (Å²) in [6.45, 7) is 15.4. The molecule has 122 valence electrons. The predicted molar refractivity (Wildman–Crippen MR) is 87.3 cm³/mol. The van der Waals surface area contributed by atoms with Crippen LogP contribution in [0.5, 0.6) is 0 Å². The van der Waals surface area contributed by atoms with Crippen molar-refractivity contribution in [1.82, 2.24) is 10.2 Å². The minimum Gasteiger partial charge on any atom is -0.468 e. The Morgan fingerprint density at radius 3 is 2.62 bits per heavy atom. The third kappa shape index (κ3) is 7.65. The van der Waals surface area contributed by atoms with Crippen molar-refractivity contribution in [3.05, 3.63) is 23.7 Å². The zero-order chi connectivity index (χ0) is 15.9. The third-order valence-corrected chi connectivity index (χ3v) is 3.25. The summed E-state index contributed by atoms with van der Waals surface area (Å²) in [4.78, 5) is 2.40. The number of furan rings is 1. The lowest BCUT2D eigenvalue weighted by Gasteiger charge is -2.24. The fourth-order valence-electron chi connectivity index (χ4n) is 2.20. The molecule has 0 saturated heterocycles.